The van der Waals surface area contributed by atoms with E-state index in [9.17, 15) is 9.18 Å². The van der Waals surface area contributed by atoms with Crippen molar-refractivity contribution < 1.29 is 13.9 Å². The van der Waals surface area contributed by atoms with Crippen molar-refractivity contribution in [2.75, 3.05) is 20.3 Å². The predicted molar refractivity (Wildman–Crippen MR) is 66.9 cm³/mol. The second-order valence-electron chi connectivity index (χ2n) is 4.09. The first kappa shape index (κ1) is 14.6. The molecule has 0 spiro atoms. The summed E-state index contributed by atoms with van der Waals surface area (Å²) in [6.45, 7) is 4.79. The molecular weight excluding hydrogens is 235 g/mol. The van der Waals surface area contributed by atoms with Crippen molar-refractivity contribution in [2.45, 2.75) is 26.3 Å². The van der Waals surface area contributed by atoms with Crippen molar-refractivity contribution in [2.24, 2.45) is 0 Å². The van der Waals surface area contributed by atoms with E-state index >= 15 is 0 Å². The van der Waals surface area contributed by atoms with Crippen LogP contribution in [0.3, 0.4) is 0 Å². The highest BCUT2D eigenvalue weighted by molar-refractivity contribution is 5.94. The van der Waals surface area contributed by atoms with Gasteiger partial charge in [-0.2, -0.15) is 4.39 Å². The third-order valence-corrected chi connectivity index (χ3v) is 2.91. The zero-order valence-corrected chi connectivity index (χ0v) is 11.0. The van der Waals surface area contributed by atoms with Gasteiger partial charge in [0.05, 0.1) is 12.2 Å². The first-order valence-corrected chi connectivity index (χ1v) is 6.02. The Morgan fingerprint density at radius 1 is 1.61 bits per heavy atom. The highest BCUT2D eigenvalue weighted by Crippen LogP contribution is 2.12. The first-order chi connectivity index (χ1) is 8.61. The van der Waals surface area contributed by atoms with Crippen LogP contribution in [0.5, 0.6) is 0 Å². The van der Waals surface area contributed by atoms with Crippen LogP contribution >= 0.6 is 0 Å². The quantitative estimate of drug-likeness (QED) is 0.730. The van der Waals surface area contributed by atoms with Gasteiger partial charge in [-0.3, -0.25) is 4.79 Å². The maximum absolute atomic E-state index is 13.5. The summed E-state index contributed by atoms with van der Waals surface area (Å²) in [5.41, 5.74) is 0.00824. The number of carbonyl (C=O) groups is 1. The maximum Gasteiger partial charge on any atom is 0.258 e. The number of hydrogen-bond acceptors (Lipinski definition) is 3. The molecule has 0 saturated heterocycles. The van der Waals surface area contributed by atoms with Gasteiger partial charge < -0.3 is 9.64 Å². The van der Waals surface area contributed by atoms with E-state index in [4.69, 9.17) is 4.74 Å². The summed E-state index contributed by atoms with van der Waals surface area (Å²) < 4.78 is 18.5. The van der Waals surface area contributed by atoms with Crippen LogP contribution in [-0.2, 0) is 4.74 Å². The smallest absolute Gasteiger partial charge is 0.258 e. The monoisotopic (exact) mass is 254 g/mol. The summed E-state index contributed by atoms with van der Waals surface area (Å²) in [7, 11) is 1.57. The van der Waals surface area contributed by atoms with E-state index in [-0.39, 0.29) is 17.5 Å². The van der Waals surface area contributed by atoms with Crippen LogP contribution < -0.4 is 0 Å². The molecule has 1 rings (SSSR count). The average Bonchev–Trinajstić information content (AvgIpc) is 2.39. The maximum atomic E-state index is 13.5. The summed E-state index contributed by atoms with van der Waals surface area (Å²) >= 11 is 0. The van der Waals surface area contributed by atoms with Crippen LogP contribution in [0.25, 0.3) is 0 Å². The number of nitrogens with zero attached hydrogens (tertiary/aromatic N) is 2. The van der Waals surface area contributed by atoms with E-state index in [1.165, 1.54) is 12.3 Å². The molecular formula is C13H19FN2O2. The Morgan fingerprint density at radius 2 is 2.33 bits per heavy atom. The minimum absolute atomic E-state index is 0.00824. The second-order valence-corrected chi connectivity index (χ2v) is 4.09. The molecule has 1 unspecified atom stereocenters. The van der Waals surface area contributed by atoms with Gasteiger partial charge in [0.2, 0.25) is 5.95 Å². The van der Waals surface area contributed by atoms with Gasteiger partial charge in [0.1, 0.15) is 0 Å². The Balaban J connectivity index is 2.91. The molecule has 1 amide bonds. The van der Waals surface area contributed by atoms with E-state index in [0.29, 0.717) is 13.2 Å². The number of methoxy groups -OCH3 is 1. The Morgan fingerprint density at radius 3 is 2.89 bits per heavy atom. The molecule has 0 bridgehead atoms. The van der Waals surface area contributed by atoms with E-state index in [1.807, 2.05) is 13.8 Å². The fourth-order valence-corrected chi connectivity index (χ4v) is 1.63. The zero-order chi connectivity index (χ0) is 13.5. The fraction of sp³-hybridized carbons (Fsp3) is 0.538. The summed E-state index contributed by atoms with van der Waals surface area (Å²) in [5, 5.41) is 0. The minimum Gasteiger partial charge on any atom is -0.383 e. The van der Waals surface area contributed by atoms with Gasteiger partial charge in [-0.15, -0.1) is 0 Å². The molecule has 1 aromatic rings. The molecule has 18 heavy (non-hydrogen) atoms. The predicted octanol–water partition coefficient (Wildman–Crippen LogP) is 2.11. The number of pyridine rings is 1. The van der Waals surface area contributed by atoms with Gasteiger partial charge in [-0.1, -0.05) is 6.92 Å². The molecule has 1 heterocycles. The largest absolute Gasteiger partial charge is 0.383 e. The average molecular weight is 254 g/mol. The number of halogens is 1. The van der Waals surface area contributed by atoms with Gasteiger partial charge in [-0.25, -0.2) is 4.98 Å². The molecule has 0 aliphatic heterocycles. The molecule has 5 heteroatoms. The SMILES string of the molecule is CCC(C)N(CCOC)C(=O)c1cccnc1F. The summed E-state index contributed by atoms with van der Waals surface area (Å²) in [4.78, 5) is 17.4. The van der Waals surface area contributed by atoms with Crippen molar-refractivity contribution in [3.05, 3.63) is 29.8 Å². The van der Waals surface area contributed by atoms with Crippen LogP contribution in [0, 0.1) is 5.95 Å². The lowest BCUT2D eigenvalue weighted by atomic mass is 10.1. The number of amides is 1. The van der Waals surface area contributed by atoms with Crippen molar-refractivity contribution in [3.63, 3.8) is 0 Å². The van der Waals surface area contributed by atoms with E-state index in [1.54, 1.807) is 18.1 Å². The molecule has 0 aliphatic carbocycles. The highest BCUT2D eigenvalue weighted by atomic mass is 19.1. The van der Waals surface area contributed by atoms with E-state index in [0.717, 1.165) is 6.42 Å². The molecule has 0 saturated carbocycles. The number of rotatable bonds is 6. The Kier molecular flexibility index (Phi) is 5.71. The summed E-state index contributed by atoms with van der Waals surface area (Å²) in [5.74, 6) is -1.07. The molecule has 0 fully saturated rings. The third kappa shape index (κ3) is 3.50. The van der Waals surface area contributed by atoms with Gasteiger partial charge in [0.25, 0.3) is 5.91 Å². The lowest BCUT2D eigenvalue weighted by molar-refractivity contribution is 0.0608. The lowest BCUT2D eigenvalue weighted by Crippen LogP contribution is -2.41. The molecule has 0 aliphatic rings. The van der Waals surface area contributed by atoms with Crippen LogP contribution in [-0.4, -0.2) is 42.1 Å². The normalized spacial score (nSPS) is 12.2. The molecule has 1 aromatic heterocycles. The summed E-state index contributed by atoms with van der Waals surface area (Å²) in [6.07, 6.45) is 2.13. The molecule has 0 aromatic carbocycles. The summed E-state index contributed by atoms with van der Waals surface area (Å²) in [6, 6.07) is 3.04. The van der Waals surface area contributed by atoms with Gasteiger partial charge in [-0.05, 0) is 25.5 Å². The van der Waals surface area contributed by atoms with Crippen LogP contribution in [0.4, 0.5) is 4.39 Å². The zero-order valence-electron chi connectivity index (χ0n) is 11.0. The molecule has 1 atom stereocenters. The van der Waals surface area contributed by atoms with Crippen LogP contribution in [0.2, 0.25) is 0 Å². The topological polar surface area (TPSA) is 42.4 Å². The van der Waals surface area contributed by atoms with Gasteiger partial charge >= 0.3 is 0 Å². The molecule has 0 N–H and O–H groups in total. The van der Waals surface area contributed by atoms with Crippen LogP contribution in [0.15, 0.2) is 18.3 Å². The van der Waals surface area contributed by atoms with Crippen molar-refractivity contribution in [1.29, 1.82) is 0 Å². The highest BCUT2D eigenvalue weighted by Gasteiger charge is 2.22. The Labute approximate surface area is 107 Å². The van der Waals surface area contributed by atoms with Gasteiger partial charge in [0, 0.05) is 25.9 Å². The Hall–Kier alpha value is -1.49. The number of carbonyl (C=O) groups excluding carboxylic acids is 1. The van der Waals surface area contributed by atoms with Crippen molar-refractivity contribution >= 4 is 5.91 Å². The number of aromatic nitrogens is 1. The minimum atomic E-state index is -0.729. The fourth-order valence-electron chi connectivity index (χ4n) is 1.63. The molecule has 0 radical (unpaired) electrons. The van der Waals surface area contributed by atoms with E-state index < -0.39 is 5.95 Å². The van der Waals surface area contributed by atoms with E-state index in [2.05, 4.69) is 4.98 Å². The third-order valence-electron chi connectivity index (χ3n) is 2.91. The number of ether oxygens (including phenoxy) is 1. The van der Waals surface area contributed by atoms with Crippen molar-refractivity contribution in [1.82, 2.24) is 9.88 Å². The number of hydrogen-bond donors (Lipinski definition) is 0. The van der Waals surface area contributed by atoms with Crippen molar-refractivity contribution in [3.8, 4) is 0 Å². The molecule has 4 nitrogen and oxygen atoms in total. The molecule has 100 valence electrons. The van der Waals surface area contributed by atoms with Crippen LogP contribution in [0.1, 0.15) is 30.6 Å². The second kappa shape index (κ2) is 7.06. The lowest BCUT2D eigenvalue weighted by Gasteiger charge is -2.28. The standard InChI is InChI=1S/C13H19FN2O2/c1-4-10(2)16(8-9-18-3)13(17)11-6-5-7-15-12(11)14/h5-7,10H,4,8-9H2,1-3H3. The first-order valence-electron chi connectivity index (χ1n) is 6.02. The Bertz CT molecular complexity index is 398. The van der Waals surface area contributed by atoms with Gasteiger partial charge in [0.15, 0.2) is 0 Å².